The van der Waals surface area contributed by atoms with Gasteiger partial charge in [0.05, 0.1) is 43.4 Å². The summed E-state index contributed by atoms with van der Waals surface area (Å²) in [5.74, 6) is 3.06. The van der Waals surface area contributed by atoms with Crippen LogP contribution in [0.3, 0.4) is 0 Å². The Hall–Kier alpha value is -4.88. The molecule has 3 N–H and O–H groups in total. The maximum Gasteiger partial charge on any atom is 0.410 e. The molecule has 0 unspecified atom stereocenters. The molecule has 4 atom stereocenters. The van der Waals surface area contributed by atoms with Crippen LogP contribution in [0.2, 0.25) is 0 Å². The van der Waals surface area contributed by atoms with E-state index in [1.54, 1.807) is 7.11 Å². The van der Waals surface area contributed by atoms with Crippen LogP contribution in [0, 0.1) is 11.8 Å². The molecule has 2 fully saturated rings. The molecule has 2 aromatic carbocycles. The molecule has 8 rings (SSSR count). The molecule has 298 valence electrons. The van der Waals surface area contributed by atoms with Gasteiger partial charge in [-0.25, -0.2) is 19.6 Å². The standard InChI is InChI=1S/C43H55N7O6/c1-24(2)34(47-41(51)54-7)21-49-14-8-9-35(49)39-44-19-33(46-39)27-10-12-29-28(16-27)23-55-37-18-30-26(17-31(29)37)11-13-32-38(30)48-40(45-32)36-15-25(22-53-6)20-50(36)42(52)56-43(3,4)5/h10,12,16-19,24-25,34-36H,8-9,11,13-15,20-23H2,1-7H3,(H,44,46)(H,45,48)(H,47,51)/t25-,34+,35-,36-/m0/s1. The highest BCUT2D eigenvalue weighted by Crippen LogP contribution is 2.46. The van der Waals surface area contributed by atoms with E-state index >= 15 is 0 Å². The molecule has 3 aliphatic heterocycles. The lowest BCUT2D eigenvalue weighted by atomic mass is 9.86. The summed E-state index contributed by atoms with van der Waals surface area (Å²) in [5, 5.41) is 3.01. The molecular formula is C43H55N7O6. The summed E-state index contributed by atoms with van der Waals surface area (Å²) < 4.78 is 22.6. The monoisotopic (exact) mass is 765 g/mol. The van der Waals surface area contributed by atoms with Crippen molar-refractivity contribution in [2.45, 2.75) is 97.1 Å². The minimum absolute atomic E-state index is 0.0199. The second-order valence-corrected chi connectivity index (χ2v) is 17.1. The van der Waals surface area contributed by atoms with E-state index in [2.05, 4.69) is 64.4 Å². The third kappa shape index (κ3) is 7.50. The van der Waals surface area contributed by atoms with E-state index in [4.69, 9.17) is 28.9 Å². The molecule has 2 amide bonds. The quantitative estimate of drug-likeness (QED) is 0.157. The van der Waals surface area contributed by atoms with E-state index in [-0.39, 0.29) is 36.1 Å². The minimum Gasteiger partial charge on any atom is -0.488 e. The number of fused-ring (bicyclic) bond motifs is 6. The Kier molecular flexibility index (Phi) is 10.3. The third-order valence-electron chi connectivity index (χ3n) is 11.7. The van der Waals surface area contributed by atoms with Crippen molar-refractivity contribution in [3.05, 3.63) is 65.0 Å². The molecule has 4 aromatic rings. The van der Waals surface area contributed by atoms with Crippen molar-refractivity contribution in [2.24, 2.45) is 11.8 Å². The van der Waals surface area contributed by atoms with E-state index in [0.717, 1.165) is 102 Å². The van der Waals surface area contributed by atoms with Gasteiger partial charge in [-0.2, -0.15) is 0 Å². The second-order valence-electron chi connectivity index (χ2n) is 17.1. The summed E-state index contributed by atoms with van der Waals surface area (Å²) in [6.07, 6.45) is 5.77. The number of likely N-dealkylation sites (tertiary alicyclic amines) is 2. The van der Waals surface area contributed by atoms with Gasteiger partial charge in [0.25, 0.3) is 0 Å². The number of carbonyl (C=O) groups is 2. The predicted octanol–water partition coefficient (Wildman–Crippen LogP) is 7.59. The molecule has 13 nitrogen and oxygen atoms in total. The van der Waals surface area contributed by atoms with Gasteiger partial charge in [0.15, 0.2) is 0 Å². The Balaban J connectivity index is 1.01. The second kappa shape index (κ2) is 15.2. The maximum absolute atomic E-state index is 13.3. The highest BCUT2D eigenvalue weighted by molar-refractivity contribution is 5.83. The molecule has 0 saturated carbocycles. The van der Waals surface area contributed by atoms with Crippen molar-refractivity contribution in [3.63, 3.8) is 0 Å². The van der Waals surface area contributed by atoms with Crippen LogP contribution in [-0.4, -0.2) is 94.0 Å². The third-order valence-corrected chi connectivity index (χ3v) is 11.7. The van der Waals surface area contributed by atoms with Gasteiger partial charge in [0, 0.05) is 49.0 Å². The zero-order valence-electron chi connectivity index (χ0n) is 33.7. The van der Waals surface area contributed by atoms with Crippen LogP contribution in [-0.2, 0) is 33.7 Å². The number of nitrogens with one attached hydrogen (secondary N) is 3. The van der Waals surface area contributed by atoms with Crippen LogP contribution in [0.5, 0.6) is 5.75 Å². The van der Waals surface area contributed by atoms with Crippen molar-refractivity contribution < 1.29 is 28.5 Å². The number of aromatic amines is 2. The van der Waals surface area contributed by atoms with Crippen molar-refractivity contribution in [2.75, 3.05) is 40.5 Å². The molecule has 1 aliphatic carbocycles. The maximum atomic E-state index is 13.3. The summed E-state index contributed by atoms with van der Waals surface area (Å²) in [7, 11) is 3.10. The van der Waals surface area contributed by atoms with Gasteiger partial charge in [-0.05, 0) is 106 Å². The van der Waals surface area contributed by atoms with Gasteiger partial charge in [-0.15, -0.1) is 0 Å². The number of H-pyrrole nitrogens is 2. The zero-order valence-corrected chi connectivity index (χ0v) is 33.7. The smallest absolute Gasteiger partial charge is 0.410 e. The summed E-state index contributed by atoms with van der Waals surface area (Å²) in [5.41, 5.74) is 9.19. The van der Waals surface area contributed by atoms with Crippen LogP contribution in [0.1, 0.15) is 94.4 Å². The SMILES string of the molecule is COC[C@H]1C[C@@H](c2nc3c([nH]2)CCc2cc4c(cc2-3)OCc2cc(-c3cnc([C@@H]5CCCN5C[C@@H](NC(=O)OC)C(C)C)[nH]3)ccc2-4)N(C(=O)OC(C)(C)C)C1. The Morgan fingerprint density at radius 3 is 2.62 bits per heavy atom. The molecule has 0 radical (unpaired) electrons. The van der Waals surface area contributed by atoms with Crippen LogP contribution < -0.4 is 10.1 Å². The number of benzene rings is 2. The van der Waals surface area contributed by atoms with Gasteiger partial charge in [-0.3, -0.25) is 9.80 Å². The summed E-state index contributed by atoms with van der Waals surface area (Å²) >= 11 is 0. The zero-order chi connectivity index (χ0) is 39.3. The topological polar surface area (TPSA) is 147 Å². The Morgan fingerprint density at radius 2 is 1.86 bits per heavy atom. The molecular weight excluding hydrogens is 711 g/mol. The highest BCUT2D eigenvalue weighted by atomic mass is 16.6. The van der Waals surface area contributed by atoms with Crippen LogP contribution >= 0.6 is 0 Å². The fourth-order valence-electron chi connectivity index (χ4n) is 8.89. The lowest BCUT2D eigenvalue weighted by molar-refractivity contribution is 0.0208. The number of nitrogens with zero attached hydrogens (tertiary/aromatic N) is 4. The molecule has 4 aliphatic rings. The first-order valence-corrected chi connectivity index (χ1v) is 20.0. The molecule has 5 heterocycles. The minimum atomic E-state index is -0.590. The molecule has 13 heteroatoms. The normalized spacial score (nSPS) is 20.9. The number of aryl methyl sites for hydroxylation is 2. The highest BCUT2D eigenvalue weighted by Gasteiger charge is 2.41. The van der Waals surface area contributed by atoms with Crippen molar-refractivity contribution in [1.29, 1.82) is 0 Å². The lowest BCUT2D eigenvalue weighted by Gasteiger charge is -2.30. The van der Waals surface area contributed by atoms with Gasteiger partial charge in [-0.1, -0.05) is 26.0 Å². The number of amides is 2. The van der Waals surface area contributed by atoms with Crippen LogP contribution in [0.4, 0.5) is 9.59 Å². The van der Waals surface area contributed by atoms with E-state index in [0.29, 0.717) is 19.8 Å². The van der Waals surface area contributed by atoms with E-state index in [9.17, 15) is 9.59 Å². The largest absolute Gasteiger partial charge is 0.488 e. The van der Waals surface area contributed by atoms with E-state index in [1.807, 2.05) is 31.9 Å². The van der Waals surface area contributed by atoms with Crippen molar-refractivity contribution in [1.82, 2.24) is 35.1 Å². The van der Waals surface area contributed by atoms with E-state index < -0.39 is 11.7 Å². The average molecular weight is 766 g/mol. The molecule has 56 heavy (non-hydrogen) atoms. The van der Waals surface area contributed by atoms with Crippen molar-refractivity contribution >= 4 is 12.2 Å². The summed E-state index contributed by atoms with van der Waals surface area (Å²) in [6, 6.07) is 10.9. The first-order valence-electron chi connectivity index (χ1n) is 20.0. The molecule has 0 spiro atoms. The predicted molar refractivity (Wildman–Crippen MR) is 212 cm³/mol. The number of hydrogen-bond acceptors (Lipinski definition) is 9. The fourth-order valence-corrected chi connectivity index (χ4v) is 8.89. The number of ether oxygens (including phenoxy) is 4. The Bertz CT molecular complexity index is 2100. The molecule has 2 saturated heterocycles. The number of aromatic nitrogens is 4. The number of imidazole rings is 2. The number of hydrogen-bond donors (Lipinski definition) is 3. The summed E-state index contributed by atoms with van der Waals surface area (Å²) in [6.45, 7) is 13.2. The number of alkyl carbamates (subject to hydrolysis) is 1. The summed E-state index contributed by atoms with van der Waals surface area (Å²) in [4.78, 5) is 46.8. The van der Waals surface area contributed by atoms with Gasteiger partial charge in [0.1, 0.15) is 29.6 Å². The Morgan fingerprint density at radius 1 is 1.02 bits per heavy atom. The van der Waals surface area contributed by atoms with Crippen LogP contribution in [0.25, 0.3) is 33.6 Å². The Labute approximate surface area is 328 Å². The van der Waals surface area contributed by atoms with Crippen LogP contribution in [0.15, 0.2) is 36.5 Å². The number of rotatable bonds is 9. The van der Waals surface area contributed by atoms with Crippen molar-refractivity contribution in [3.8, 4) is 39.4 Å². The average Bonchev–Trinajstić information content (AvgIpc) is 3.99. The first-order chi connectivity index (χ1) is 26.9. The van der Waals surface area contributed by atoms with Gasteiger partial charge >= 0.3 is 12.2 Å². The molecule has 0 bridgehead atoms. The van der Waals surface area contributed by atoms with E-state index in [1.165, 1.54) is 18.2 Å². The first kappa shape index (κ1) is 38.0. The molecule has 2 aromatic heterocycles. The van der Waals surface area contributed by atoms with Gasteiger partial charge < -0.3 is 34.2 Å². The lowest BCUT2D eigenvalue weighted by Crippen LogP contribution is -2.46. The number of methoxy groups -OCH3 is 2. The fraction of sp³-hybridized carbons (Fsp3) is 0.535. The van der Waals surface area contributed by atoms with Gasteiger partial charge in [0.2, 0.25) is 0 Å². The number of carbonyl (C=O) groups excluding carboxylic acids is 2.